The van der Waals surface area contributed by atoms with E-state index < -0.39 is 17.9 Å². The van der Waals surface area contributed by atoms with E-state index in [2.05, 4.69) is 4.98 Å². The highest BCUT2D eigenvalue weighted by Gasteiger charge is 2.36. The lowest BCUT2D eigenvalue weighted by Gasteiger charge is -2.32. The number of pyridine rings is 1. The van der Waals surface area contributed by atoms with Gasteiger partial charge in [0.15, 0.2) is 0 Å². The van der Waals surface area contributed by atoms with Gasteiger partial charge >= 0.3 is 5.97 Å². The highest BCUT2D eigenvalue weighted by molar-refractivity contribution is 5.96. The first kappa shape index (κ1) is 17.6. The minimum Gasteiger partial charge on any atom is -0.488 e. The lowest BCUT2D eigenvalue weighted by atomic mass is 10.1. The van der Waals surface area contributed by atoms with Crippen LogP contribution in [0.5, 0.6) is 11.5 Å². The molecule has 1 saturated heterocycles. The van der Waals surface area contributed by atoms with Crippen LogP contribution in [0.15, 0.2) is 36.5 Å². The van der Waals surface area contributed by atoms with Crippen LogP contribution in [0.25, 0.3) is 0 Å². The highest BCUT2D eigenvalue weighted by Crippen LogP contribution is 2.37. The zero-order chi connectivity index (χ0) is 19.0. The summed E-state index contributed by atoms with van der Waals surface area (Å²) in [6.45, 7) is 4.51. The molecule has 0 bridgehead atoms. The predicted octanol–water partition coefficient (Wildman–Crippen LogP) is 3.49. The van der Waals surface area contributed by atoms with E-state index >= 15 is 0 Å². The number of anilines is 1. The molecule has 2 aromatic rings. The largest absolute Gasteiger partial charge is 0.488 e. The molecule has 0 amide bonds. The molecule has 0 spiro atoms. The van der Waals surface area contributed by atoms with Crippen LogP contribution in [0.2, 0.25) is 0 Å². The number of aromatic nitrogens is 1. The van der Waals surface area contributed by atoms with Crippen molar-refractivity contribution in [3.05, 3.63) is 47.7 Å². The number of carbonyl (C=O) groups is 1. The van der Waals surface area contributed by atoms with Gasteiger partial charge in [0.2, 0.25) is 5.79 Å². The summed E-state index contributed by atoms with van der Waals surface area (Å²) in [6, 6.07) is 8.88. The third-order valence-corrected chi connectivity index (χ3v) is 4.57. The van der Waals surface area contributed by atoms with E-state index in [0.717, 1.165) is 5.56 Å². The maximum absolute atomic E-state index is 13.6. The van der Waals surface area contributed by atoms with Crippen molar-refractivity contribution in [2.75, 3.05) is 18.0 Å². The summed E-state index contributed by atoms with van der Waals surface area (Å²) in [7, 11) is 0. The summed E-state index contributed by atoms with van der Waals surface area (Å²) in [5.41, 5.74) is 1.10. The fraction of sp³-hybridized carbons (Fsp3) is 0.400. The predicted molar refractivity (Wildman–Crippen MR) is 96.9 cm³/mol. The Morgan fingerprint density at radius 2 is 2.15 bits per heavy atom. The number of rotatable bonds is 4. The van der Waals surface area contributed by atoms with E-state index in [1.54, 1.807) is 38.2 Å². The van der Waals surface area contributed by atoms with Gasteiger partial charge in [0.1, 0.15) is 35.7 Å². The molecule has 1 aromatic heterocycles. The standard InChI is InChI=1S/C20H21FN2O4/c1-20(2)26-16-7-3-6-15(17(16)19(24)27-20)25-12-13-5-4-9-22-18(13)23-10-8-14(21)11-23/h3-7,9,14H,8,10-12H2,1-2H3. The average Bonchev–Trinajstić information content (AvgIpc) is 3.05. The first-order chi connectivity index (χ1) is 12.9. The van der Waals surface area contributed by atoms with E-state index in [0.29, 0.717) is 36.8 Å². The first-order valence-corrected chi connectivity index (χ1v) is 8.94. The highest BCUT2D eigenvalue weighted by atomic mass is 19.1. The van der Waals surface area contributed by atoms with Crippen LogP contribution in [0.4, 0.5) is 10.2 Å². The summed E-state index contributed by atoms with van der Waals surface area (Å²) >= 11 is 0. The fourth-order valence-electron chi connectivity index (χ4n) is 3.37. The Kier molecular flexibility index (Phi) is 4.37. The number of benzene rings is 1. The van der Waals surface area contributed by atoms with Gasteiger partial charge in [0.05, 0.1) is 6.54 Å². The van der Waals surface area contributed by atoms with Gasteiger partial charge in [-0.05, 0) is 24.6 Å². The van der Waals surface area contributed by atoms with Crippen LogP contribution in [0.1, 0.15) is 36.2 Å². The number of carbonyl (C=O) groups excluding carboxylic acids is 1. The van der Waals surface area contributed by atoms with Gasteiger partial charge in [-0.1, -0.05) is 12.1 Å². The summed E-state index contributed by atoms with van der Waals surface area (Å²) in [5.74, 6) is 0.0239. The molecule has 2 aliphatic rings. The van der Waals surface area contributed by atoms with Crippen molar-refractivity contribution < 1.29 is 23.4 Å². The molecule has 0 N–H and O–H groups in total. The Balaban J connectivity index is 1.57. The van der Waals surface area contributed by atoms with Gasteiger partial charge in [-0.2, -0.15) is 0 Å². The quantitative estimate of drug-likeness (QED) is 0.766. The third kappa shape index (κ3) is 3.54. The van der Waals surface area contributed by atoms with Gasteiger partial charge in [0, 0.05) is 32.2 Å². The van der Waals surface area contributed by atoms with Gasteiger partial charge in [-0.25, -0.2) is 14.2 Å². The molecular formula is C20H21FN2O4. The van der Waals surface area contributed by atoms with Crippen molar-refractivity contribution in [3.8, 4) is 11.5 Å². The number of alkyl halides is 1. The lowest BCUT2D eigenvalue weighted by molar-refractivity contribution is -0.127. The second-order valence-corrected chi connectivity index (χ2v) is 7.13. The van der Waals surface area contributed by atoms with Crippen LogP contribution in [0, 0.1) is 0 Å². The number of fused-ring (bicyclic) bond motifs is 1. The normalized spacial score (nSPS) is 20.6. The Bertz CT molecular complexity index is 871. The van der Waals surface area contributed by atoms with E-state index in [4.69, 9.17) is 14.2 Å². The van der Waals surface area contributed by atoms with Gasteiger partial charge < -0.3 is 19.1 Å². The number of hydrogen-bond donors (Lipinski definition) is 0. The van der Waals surface area contributed by atoms with Crippen molar-refractivity contribution in [2.24, 2.45) is 0 Å². The van der Waals surface area contributed by atoms with Crippen LogP contribution in [0.3, 0.4) is 0 Å². The van der Waals surface area contributed by atoms with E-state index in [9.17, 15) is 9.18 Å². The molecule has 1 aromatic carbocycles. The van der Waals surface area contributed by atoms with Gasteiger partial charge in [-0.15, -0.1) is 0 Å². The van der Waals surface area contributed by atoms with E-state index in [-0.39, 0.29) is 12.2 Å². The smallest absolute Gasteiger partial charge is 0.349 e. The van der Waals surface area contributed by atoms with Crippen molar-refractivity contribution in [2.45, 2.75) is 38.8 Å². The van der Waals surface area contributed by atoms with Crippen molar-refractivity contribution in [1.82, 2.24) is 4.98 Å². The molecule has 1 atom stereocenters. The Morgan fingerprint density at radius 3 is 2.93 bits per heavy atom. The van der Waals surface area contributed by atoms with Crippen molar-refractivity contribution in [1.29, 1.82) is 0 Å². The van der Waals surface area contributed by atoms with Crippen LogP contribution in [-0.2, 0) is 11.3 Å². The van der Waals surface area contributed by atoms with Crippen LogP contribution < -0.4 is 14.4 Å². The summed E-state index contributed by atoms with van der Waals surface area (Å²) in [6.07, 6.45) is 1.35. The SMILES string of the molecule is CC1(C)OC(=O)c2c(OCc3cccnc3N3CCC(F)C3)cccc2O1. The number of halogens is 1. The second kappa shape index (κ2) is 6.72. The monoisotopic (exact) mass is 372 g/mol. The van der Waals surface area contributed by atoms with E-state index in [1.165, 1.54) is 0 Å². The Hall–Kier alpha value is -2.83. The molecule has 1 fully saturated rings. The molecular weight excluding hydrogens is 351 g/mol. The molecule has 1 unspecified atom stereocenters. The molecule has 2 aliphatic heterocycles. The van der Waals surface area contributed by atoms with Crippen LogP contribution in [-0.4, -0.2) is 36.0 Å². The lowest BCUT2D eigenvalue weighted by Crippen LogP contribution is -2.39. The summed E-state index contributed by atoms with van der Waals surface area (Å²) in [5, 5.41) is 0. The molecule has 6 nitrogen and oxygen atoms in total. The van der Waals surface area contributed by atoms with Crippen molar-refractivity contribution >= 4 is 11.8 Å². The second-order valence-electron chi connectivity index (χ2n) is 7.13. The molecule has 3 heterocycles. The van der Waals surface area contributed by atoms with Gasteiger partial charge in [0.25, 0.3) is 0 Å². The Morgan fingerprint density at radius 1 is 1.30 bits per heavy atom. The molecule has 4 rings (SSSR count). The minimum absolute atomic E-state index is 0.198. The molecule has 0 radical (unpaired) electrons. The number of hydrogen-bond acceptors (Lipinski definition) is 6. The zero-order valence-electron chi connectivity index (χ0n) is 15.3. The van der Waals surface area contributed by atoms with Crippen molar-refractivity contribution in [3.63, 3.8) is 0 Å². The molecule has 0 saturated carbocycles. The Labute approximate surface area is 156 Å². The van der Waals surface area contributed by atoms with E-state index in [1.807, 2.05) is 17.0 Å². The third-order valence-electron chi connectivity index (χ3n) is 4.57. The molecule has 27 heavy (non-hydrogen) atoms. The molecule has 142 valence electrons. The summed E-state index contributed by atoms with van der Waals surface area (Å²) in [4.78, 5) is 18.7. The minimum atomic E-state index is -1.02. The van der Waals surface area contributed by atoms with Crippen LogP contribution >= 0.6 is 0 Å². The number of ether oxygens (including phenoxy) is 3. The summed E-state index contributed by atoms with van der Waals surface area (Å²) < 4.78 is 30.5. The topological polar surface area (TPSA) is 60.9 Å². The van der Waals surface area contributed by atoms with Gasteiger partial charge in [-0.3, -0.25) is 0 Å². The molecule has 0 aliphatic carbocycles. The number of esters is 1. The average molecular weight is 372 g/mol. The number of cyclic esters (lactones) is 1. The molecule has 7 heteroatoms. The number of nitrogens with zero attached hydrogens (tertiary/aromatic N) is 2. The zero-order valence-corrected chi connectivity index (χ0v) is 15.3. The first-order valence-electron chi connectivity index (χ1n) is 8.94. The maximum atomic E-state index is 13.6. The fourth-order valence-corrected chi connectivity index (χ4v) is 3.37. The maximum Gasteiger partial charge on any atom is 0.349 e.